The zero-order chi connectivity index (χ0) is 17.1. The zero-order valence-corrected chi connectivity index (χ0v) is 14.4. The number of halogens is 1. The molecule has 134 valence electrons. The van der Waals surface area contributed by atoms with Crippen LogP contribution in [-0.2, 0) is 23.1 Å². The Morgan fingerprint density at radius 3 is 3.00 bits per heavy atom. The largest absolute Gasteiger partial charge is 0.368 e. The zero-order valence-electron chi connectivity index (χ0n) is 14.4. The molecule has 7 heteroatoms. The summed E-state index contributed by atoms with van der Waals surface area (Å²) in [4.78, 5) is 14.2. The molecule has 1 saturated carbocycles. The second kappa shape index (κ2) is 7.61. The molecule has 24 heavy (non-hydrogen) atoms. The molecule has 1 saturated heterocycles. The Bertz CT molecular complexity index is 561. The van der Waals surface area contributed by atoms with E-state index in [2.05, 4.69) is 15.3 Å². The molecule has 1 amide bonds. The van der Waals surface area contributed by atoms with Gasteiger partial charge in [0.25, 0.3) is 0 Å². The van der Waals surface area contributed by atoms with Crippen LogP contribution in [0.4, 0.5) is 4.39 Å². The lowest BCUT2D eigenvalue weighted by molar-refractivity contribution is -0.132. The van der Waals surface area contributed by atoms with Crippen LogP contribution in [0.1, 0.15) is 31.9 Å². The van der Waals surface area contributed by atoms with Crippen molar-refractivity contribution in [2.24, 2.45) is 13.0 Å². The number of alkyl halides is 1. The molecule has 1 N–H and O–H groups in total. The van der Waals surface area contributed by atoms with Gasteiger partial charge in [-0.05, 0) is 38.2 Å². The smallest absolute Gasteiger partial charge is 0.248 e. The van der Waals surface area contributed by atoms with Crippen LogP contribution < -0.4 is 5.32 Å². The number of rotatable bonds is 8. The van der Waals surface area contributed by atoms with Gasteiger partial charge in [0, 0.05) is 38.9 Å². The lowest BCUT2D eigenvalue weighted by atomic mass is 10.2. The normalized spacial score (nSPS) is 25.8. The quantitative estimate of drug-likeness (QED) is 0.775. The fraction of sp³-hybridized carbons (Fsp3) is 0.765. The van der Waals surface area contributed by atoms with E-state index in [0.29, 0.717) is 38.6 Å². The van der Waals surface area contributed by atoms with Gasteiger partial charge in [-0.25, -0.2) is 4.39 Å². The molecule has 0 bridgehead atoms. The van der Waals surface area contributed by atoms with Crippen LogP contribution >= 0.6 is 0 Å². The van der Waals surface area contributed by atoms with Crippen molar-refractivity contribution >= 4 is 5.91 Å². The van der Waals surface area contributed by atoms with Gasteiger partial charge in [0.15, 0.2) is 0 Å². The van der Waals surface area contributed by atoms with Crippen molar-refractivity contribution in [2.75, 3.05) is 19.7 Å². The average molecular weight is 338 g/mol. The van der Waals surface area contributed by atoms with E-state index in [-0.39, 0.29) is 11.9 Å². The molecule has 1 unspecified atom stereocenters. The number of aromatic nitrogens is 2. The Morgan fingerprint density at radius 2 is 2.33 bits per heavy atom. The van der Waals surface area contributed by atoms with Crippen LogP contribution in [0, 0.1) is 5.92 Å². The summed E-state index contributed by atoms with van der Waals surface area (Å²) in [6, 6.07) is 1.95. The molecule has 3 rings (SSSR count). The number of hydrogen-bond acceptors (Lipinski definition) is 4. The maximum absolute atomic E-state index is 13.9. The van der Waals surface area contributed by atoms with E-state index >= 15 is 0 Å². The van der Waals surface area contributed by atoms with Crippen molar-refractivity contribution in [3.8, 4) is 0 Å². The topological polar surface area (TPSA) is 59.4 Å². The van der Waals surface area contributed by atoms with Crippen molar-refractivity contribution in [1.82, 2.24) is 20.0 Å². The van der Waals surface area contributed by atoms with Crippen LogP contribution in [0.3, 0.4) is 0 Å². The summed E-state index contributed by atoms with van der Waals surface area (Å²) in [6.45, 7) is 3.94. The van der Waals surface area contributed by atoms with Gasteiger partial charge in [-0.1, -0.05) is 0 Å². The molecule has 1 aliphatic heterocycles. The van der Waals surface area contributed by atoms with E-state index in [4.69, 9.17) is 4.74 Å². The van der Waals surface area contributed by atoms with Crippen LogP contribution in [-0.4, -0.2) is 58.6 Å². The summed E-state index contributed by atoms with van der Waals surface area (Å²) in [5.41, 5.74) is 1.04. The van der Waals surface area contributed by atoms with E-state index in [1.54, 1.807) is 17.8 Å². The molecular formula is C17H27FN4O2. The molecule has 3 atom stereocenters. The molecule has 6 nitrogen and oxygen atoms in total. The van der Waals surface area contributed by atoms with Gasteiger partial charge in [-0.2, -0.15) is 5.10 Å². The van der Waals surface area contributed by atoms with Crippen molar-refractivity contribution in [1.29, 1.82) is 0 Å². The second-order valence-corrected chi connectivity index (χ2v) is 7.03. The molecule has 2 fully saturated rings. The van der Waals surface area contributed by atoms with Gasteiger partial charge < -0.3 is 10.1 Å². The highest BCUT2D eigenvalue weighted by atomic mass is 19.1. The summed E-state index contributed by atoms with van der Waals surface area (Å²) >= 11 is 0. The van der Waals surface area contributed by atoms with E-state index in [1.165, 1.54) is 12.8 Å². The number of nitrogens with one attached hydrogen (secondary N) is 1. The molecule has 0 radical (unpaired) electrons. The maximum atomic E-state index is 13.9. The van der Waals surface area contributed by atoms with E-state index < -0.39 is 12.3 Å². The van der Waals surface area contributed by atoms with Crippen molar-refractivity contribution < 1.29 is 13.9 Å². The molecule has 1 aromatic rings. The first-order valence-electron chi connectivity index (χ1n) is 8.77. The highest BCUT2D eigenvalue weighted by Gasteiger charge is 2.33. The standard InChI is InChI=1S/C17H27FN4O2/c1-12(24-11-13-3-4-13)17(23)19-8-16-7-14(18)9-22(16)10-15-5-6-20-21(15)2/h5-6,12-14,16H,3-4,7-11H2,1-2H3,(H,19,23)/t12?,14-,16-/m0/s1. The number of hydrogen-bond donors (Lipinski definition) is 1. The molecular weight excluding hydrogens is 311 g/mol. The minimum atomic E-state index is -0.844. The van der Waals surface area contributed by atoms with E-state index in [9.17, 15) is 9.18 Å². The van der Waals surface area contributed by atoms with Gasteiger partial charge in [-0.3, -0.25) is 14.4 Å². The number of likely N-dealkylation sites (tertiary alicyclic amines) is 1. The highest BCUT2D eigenvalue weighted by Crippen LogP contribution is 2.29. The fourth-order valence-corrected chi connectivity index (χ4v) is 3.10. The van der Waals surface area contributed by atoms with Crippen LogP contribution in [0.15, 0.2) is 12.3 Å². The van der Waals surface area contributed by atoms with Crippen molar-refractivity contribution in [3.05, 3.63) is 18.0 Å². The second-order valence-electron chi connectivity index (χ2n) is 7.03. The Kier molecular flexibility index (Phi) is 5.50. The summed E-state index contributed by atoms with van der Waals surface area (Å²) in [7, 11) is 1.88. The van der Waals surface area contributed by atoms with E-state index in [0.717, 1.165) is 5.69 Å². The van der Waals surface area contributed by atoms with Gasteiger partial charge in [-0.15, -0.1) is 0 Å². The predicted molar refractivity (Wildman–Crippen MR) is 88.1 cm³/mol. The summed E-state index contributed by atoms with van der Waals surface area (Å²) < 4.78 is 21.2. The minimum Gasteiger partial charge on any atom is -0.368 e. The first-order chi connectivity index (χ1) is 11.5. The number of carbonyl (C=O) groups excluding carboxylic acids is 1. The average Bonchev–Trinajstić information content (AvgIpc) is 3.21. The highest BCUT2D eigenvalue weighted by molar-refractivity contribution is 5.80. The summed E-state index contributed by atoms with van der Waals surface area (Å²) in [6.07, 6.45) is 3.32. The van der Waals surface area contributed by atoms with E-state index in [1.807, 2.05) is 13.1 Å². The number of nitrogens with zero attached hydrogens (tertiary/aromatic N) is 3. The number of carbonyl (C=O) groups is 1. The van der Waals surface area contributed by atoms with Crippen LogP contribution in [0.2, 0.25) is 0 Å². The molecule has 0 aromatic carbocycles. The summed E-state index contributed by atoms with van der Waals surface area (Å²) in [5, 5.41) is 7.07. The molecule has 2 heterocycles. The van der Waals surface area contributed by atoms with Gasteiger partial charge in [0.1, 0.15) is 12.3 Å². The van der Waals surface area contributed by atoms with Crippen molar-refractivity contribution in [3.63, 3.8) is 0 Å². The number of aryl methyl sites for hydroxylation is 1. The monoisotopic (exact) mass is 338 g/mol. The fourth-order valence-electron chi connectivity index (χ4n) is 3.10. The first-order valence-corrected chi connectivity index (χ1v) is 8.77. The van der Waals surface area contributed by atoms with Crippen molar-refractivity contribution in [2.45, 2.75) is 51.0 Å². The van der Waals surface area contributed by atoms with Crippen LogP contribution in [0.5, 0.6) is 0 Å². The van der Waals surface area contributed by atoms with Crippen LogP contribution in [0.25, 0.3) is 0 Å². The summed E-state index contributed by atoms with van der Waals surface area (Å²) in [5.74, 6) is 0.523. The van der Waals surface area contributed by atoms with Gasteiger partial charge in [0.2, 0.25) is 5.91 Å². The molecule has 1 aliphatic carbocycles. The third-order valence-corrected chi connectivity index (χ3v) is 4.92. The third-order valence-electron chi connectivity index (χ3n) is 4.92. The number of amides is 1. The lowest BCUT2D eigenvalue weighted by Crippen LogP contribution is -2.43. The predicted octanol–water partition coefficient (Wildman–Crippen LogP) is 1.26. The van der Waals surface area contributed by atoms with Gasteiger partial charge >= 0.3 is 0 Å². The minimum absolute atomic E-state index is 0.00878. The van der Waals surface area contributed by atoms with Gasteiger partial charge in [0.05, 0.1) is 12.3 Å². The molecule has 1 aromatic heterocycles. The molecule has 2 aliphatic rings. The molecule has 0 spiro atoms. The Morgan fingerprint density at radius 1 is 1.54 bits per heavy atom. The first kappa shape index (κ1) is 17.4. The maximum Gasteiger partial charge on any atom is 0.248 e. The Labute approximate surface area is 142 Å². The lowest BCUT2D eigenvalue weighted by Gasteiger charge is -2.24. The Balaban J connectivity index is 1.46. The Hall–Kier alpha value is -1.47. The SMILES string of the molecule is CC(OCC1CC1)C(=O)NC[C@@H]1C[C@H](F)CN1Cc1ccnn1C. The number of ether oxygens (including phenoxy) is 1. The third kappa shape index (κ3) is 4.54.